The summed E-state index contributed by atoms with van der Waals surface area (Å²) < 4.78 is 7.13. The summed E-state index contributed by atoms with van der Waals surface area (Å²) >= 11 is 1.44. The fourth-order valence-corrected chi connectivity index (χ4v) is 3.26. The zero-order valence-electron chi connectivity index (χ0n) is 13.6. The molecule has 0 unspecified atom stereocenters. The molecule has 5 heteroatoms. The Morgan fingerprint density at radius 2 is 1.92 bits per heavy atom. The SMILES string of the molecule is COc1ccc(C(=O)CSc2nccn2-c2ccccc2C)cc1. The number of carbonyl (C=O) groups is 1. The van der Waals surface area contributed by atoms with Gasteiger partial charge in [-0.3, -0.25) is 9.36 Å². The number of aryl methyl sites for hydroxylation is 1. The Labute approximate surface area is 145 Å². The van der Waals surface area contributed by atoms with Crippen molar-refractivity contribution >= 4 is 17.5 Å². The molecule has 0 radical (unpaired) electrons. The van der Waals surface area contributed by atoms with E-state index in [0.29, 0.717) is 11.3 Å². The van der Waals surface area contributed by atoms with Gasteiger partial charge in [0, 0.05) is 18.0 Å². The normalized spacial score (nSPS) is 10.6. The molecule has 0 atom stereocenters. The lowest BCUT2D eigenvalue weighted by Gasteiger charge is -2.10. The smallest absolute Gasteiger partial charge is 0.173 e. The summed E-state index contributed by atoms with van der Waals surface area (Å²) in [6.07, 6.45) is 3.68. The first kappa shape index (κ1) is 16.3. The number of rotatable bonds is 6. The van der Waals surface area contributed by atoms with Crippen LogP contribution in [0, 0.1) is 6.92 Å². The monoisotopic (exact) mass is 338 g/mol. The van der Waals surface area contributed by atoms with E-state index in [-0.39, 0.29) is 5.78 Å². The van der Waals surface area contributed by atoms with Crippen LogP contribution in [0.15, 0.2) is 66.1 Å². The summed E-state index contributed by atoms with van der Waals surface area (Å²) in [6.45, 7) is 2.06. The molecule has 0 saturated heterocycles. The second-order valence-corrected chi connectivity index (χ2v) is 6.25. The molecular formula is C19H18N2O2S. The number of hydrogen-bond donors (Lipinski definition) is 0. The first-order valence-corrected chi connectivity index (χ1v) is 8.57. The average Bonchev–Trinajstić information content (AvgIpc) is 3.08. The van der Waals surface area contributed by atoms with Crippen molar-refractivity contribution in [2.45, 2.75) is 12.1 Å². The van der Waals surface area contributed by atoms with Crippen molar-refractivity contribution in [3.63, 3.8) is 0 Å². The van der Waals surface area contributed by atoms with E-state index in [0.717, 1.165) is 16.6 Å². The fourth-order valence-electron chi connectivity index (χ4n) is 2.40. The van der Waals surface area contributed by atoms with Crippen molar-refractivity contribution in [2.24, 2.45) is 0 Å². The van der Waals surface area contributed by atoms with E-state index < -0.39 is 0 Å². The lowest BCUT2D eigenvalue weighted by molar-refractivity contribution is 0.102. The van der Waals surface area contributed by atoms with Gasteiger partial charge in [0.05, 0.1) is 18.6 Å². The molecule has 0 fully saturated rings. The highest BCUT2D eigenvalue weighted by Crippen LogP contribution is 2.23. The number of imidazole rings is 1. The van der Waals surface area contributed by atoms with Crippen LogP contribution in [0.3, 0.4) is 0 Å². The number of thioether (sulfide) groups is 1. The zero-order valence-corrected chi connectivity index (χ0v) is 14.4. The van der Waals surface area contributed by atoms with E-state index in [9.17, 15) is 4.79 Å². The minimum atomic E-state index is 0.0713. The van der Waals surface area contributed by atoms with E-state index in [1.54, 1.807) is 37.6 Å². The molecule has 0 spiro atoms. The number of nitrogens with zero attached hydrogens (tertiary/aromatic N) is 2. The maximum Gasteiger partial charge on any atom is 0.173 e. The number of benzene rings is 2. The largest absolute Gasteiger partial charge is 0.497 e. The molecule has 0 bridgehead atoms. The Kier molecular flexibility index (Phi) is 5.01. The van der Waals surface area contributed by atoms with Crippen molar-refractivity contribution in [3.8, 4) is 11.4 Å². The molecule has 3 rings (SSSR count). The molecular weight excluding hydrogens is 320 g/mol. The highest BCUT2D eigenvalue weighted by atomic mass is 32.2. The van der Waals surface area contributed by atoms with Crippen LogP contribution in [-0.2, 0) is 0 Å². The topological polar surface area (TPSA) is 44.1 Å². The van der Waals surface area contributed by atoms with Crippen LogP contribution in [-0.4, -0.2) is 28.2 Å². The van der Waals surface area contributed by atoms with Crippen molar-refractivity contribution < 1.29 is 9.53 Å². The standard InChI is InChI=1S/C19H18N2O2S/c1-14-5-3-4-6-17(14)21-12-11-20-19(21)24-13-18(22)15-7-9-16(23-2)10-8-15/h3-12H,13H2,1-2H3. The number of methoxy groups -OCH3 is 1. The molecule has 4 nitrogen and oxygen atoms in total. The number of para-hydroxylation sites is 1. The van der Waals surface area contributed by atoms with Crippen LogP contribution >= 0.6 is 11.8 Å². The summed E-state index contributed by atoms with van der Waals surface area (Å²) in [6, 6.07) is 15.3. The molecule has 0 aliphatic heterocycles. The molecule has 0 saturated carbocycles. The van der Waals surface area contributed by atoms with E-state index in [2.05, 4.69) is 18.0 Å². The molecule has 0 aliphatic rings. The van der Waals surface area contributed by atoms with Crippen LogP contribution < -0.4 is 4.74 Å². The van der Waals surface area contributed by atoms with Gasteiger partial charge in [-0.1, -0.05) is 30.0 Å². The molecule has 0 amide bonds. The summed E-state index contributed by atoms with van der Waals surface area (Å²) in [5.41, 5.74) is 2.92. The molecule has 3 aromatic rings. The van der Waals surface area contributed by atoms with E-state index >= 15 is 0 Å². The van der Waals surface area contributed by atoms with Gasteiger partial charge in [0.15, 0.2) is 10.9 Å². The minimum Gasteiger partial charge on any atom is -0.497 e. The van der Waals surface area contributed by atoms with E-state index in [4.69, 9.17) is 4.74 Å². The summed E-state index contributed by atoms with van der Waals surface area (Å²) in [4.78, 5) is 16.7. The van der Waals surface area contributed by atoms with Gasteiger partial charge in [-0.25, -0.2) is 4.98 Å². The maximum atomic E-state index is 12.4. The van der Waals surface area contributed by atoms with Crippen LogP contribution in [0.25, 0.3) is 5.69 Å². The molecule has 2 aromatic carbocycles. The third-order valence-electron chi connectivity index (χ3n) is 3.73. The first-order valence-electron chi connectivity index (χ1n) is 7.58. The second-order valence-electron chi connectivity index (χ2n) is 5.31. The highest BCUT2D eigenvalue weighted by molar-refractivity contribution is 7.99. The van der Waals surface area contributed by atoms with Gasteiger partial charge >= 0.3 is 0 Å². The molecule has 0 aliphatic carbocycles. The highest BCUT2D eigenvalue weighted by Gasteiger charge is 2.12. The van der Waals surface area contributed by atoms with Crippen LogP contribution in [0.4, 0.5) is 0 Å². The predicted octanol–water partition coefficient (Wildman–Crippen LogP) is 4.16. The second kappa shape index (κ2) is 7.36. The summed E-state index contributed by atoms with van der Waals surface area (Å²) in [7, 11) is 1.61. The number of aromatic nitrogens is 2. The van der Waals surface area contributed by atoms with Crippen molar-refractivity contribution in [3.05, 3.63) is 72.1 Å². The summed E-state index contributed by atoms with van der Waals surface area (Å²) in [5, 5.41) is 0.811. The third-order valence-corrected chi connectivity index (χ3v) is 4.69. The van der Waals surface area contributed by atoms with Crippen molar-refractivity contribution in [1.29, 1.82) is 0 Å². The Hall–Kier alpha value is -2.53. The number of ether oxygens (including phenoxy) is 1. The van der Waals surface area contributed by atoms with Crippen LogP contribution in [0.1, 0.15) is 15.9 Å². The Morgan fingerprint density at radius 1 is 1.17 bits per heavy atom. The minimum absolute atomic E-state index is 0.0713. The lowest BCUT2D eigenvalue weighted by atomic mass is 10.1. The lowest BCUT2D eigenvalue weighted by Crippen LogP contribution is -2.04. The van der Waals surface area contributed by atoms with Gasteiger partial charge in [0.1, 0.15) is 5.75 Å². The van der Waals surface area contributed by atoms with Gasteiger partial charge in [0.2, 0.25) is 0 Å². The molecule has 24 heavy (non-hydrogen) atoms. The van der Waals surface area contributed by atoms with Gasteiger partial charge in [0.25, 0.3) is 0 Å². The zero-order chi connectivity index (χ0) is 16.9. The number of hydrogen-bond acceptors (Lipinski definition) is 4. The van der Waals surface area contributed by atoms with Gasteiger partial charge < -0.3 is 4.74 Å². The maximum absolute atomic E-state index is 12.4. The fraction of sp³-hybridized carbons (Fsp3) is 0.158. The third kappa shape index (κ3) is 3.51. The number of Topliss-reactive ketones (excluding diaryl/α,β-unsaturated/α-hetero) is 1. The van der Waals surface area contributed by atoms with Crippen LogP contribution in [0.2, 0.25) is 0 Å². The quantitative estimate of drug-likeness (QED) is 0.500. The number of carbonyl (C=O) groups excluding carboxylic acids is 1. The van der Waals surface area contributed by atoms with Crippen molar-refractivity contribution in [2.75, 3.05) is 12.9 Å². The predicted molar refractivity (Wildman–Crippen MR) is 96.3 cm³/mol. The van der Waals surface area contributed by atoms with E-state index in [1.807, 2.05) is 29.0 Å². The average molecular weight is 338 g/mol. The Morgan fingerprint density at radius 3 is 2.62 bits per heavy atom. The van der Waals surface area contributed by atoms with Gasteiger partial charge in [-0.05, 0) is 42.8 Å². The molecule has 0 N–H and O–H groups in total. The Bertz CT molecular complexity index is 841. The van der Waals surface area contributed by atoms with Gasteiger partial charge in [-0.15, -0.1) is 0 Å². The van der Waals surface area contributed by atoms with E-state index in [1.165, 1.54) is 17.3 Å². The molecule has 122 valence electrons. The Balaban J connectivity index is 1.72. The van der Waals surface area contributed by atoms with Crippen LogP contribution in [0.5, 0.6) is 5.75 Å². The van der Waals surface area contributed by atoms with Gasteiger partial charge in [-0.2, -0.15) is 0 Å². The molecule has 1 heterocycles. The summed E-state index contributed by atoms with van der Waals surface area (Å²) in [5.74, 6) is 1.16. The number of ketones is 1. The molecule has 1 aromatic heterocycles. The first-order chi connectivity index (χ1) is 11.7. The van der Waals surface area contributed by atoms with Crippen molar-refractivity contribution in [1.82, 2.24) is 9.55 Å².